The van der Waals surface area contributed by atoms with Crippen molar-refractivity contribution in [3.63, 3.8) is 0 Å². The smallest absolute Gasteiger partial charge is 0.321 e. The van der Waals surface area contributed by atoms with E-state index in [-0.39, 0.29) is 18.3 Å². The second-order valence-corrected chi connectivity index (χ2v) is 7.32. The SMILES string of the molecule is Cn1cc(S(=O)(=O)NCC(=O)OCc2cc(Cl)c3c(c2)OCO3)cn1. The summed E-state index contributed by atoms with van der Waals surface area (Å²) in [5, 5.41) is 4.12. The summed E-state index contributed by atoms with van der Waals surface area (Å²) in [5.41, 5.74) is 0.595. The highest BCUT2D eigenvalue weighted by atomic mass is 35.5. The van der Waals surface area contributed by atoms with Crippen LogP contribution in [0.25, 0.3) is 0 Å². The van der Waals surface area contributed by atoms with E-state index in [1.807, 2.05) is 0 Å². The highest BCUT2D eigenvalue weighted by Gasteiger charge is 2.20. The summed E-state index contributed by atoms with van der Waals surface area (Å²) in [4.78, 5) is 11.7. The quantitative estimate of drug-likeness (QED) is 0.731. The van der Waals surface area contributed by atoms with Crippen molar-refractivity contribution in [3.8, 4) is 11.5 Å². The molecule has 0 saturated heterocycles. The number of benzene rings is 1. The number of aryl methyl sites for hydroxylation is 1. The normalized spacial score (nSPS) is 13.0. The molecule has 1 aromatic heterocycles. The van der Waals surface area contributed by atoms with Gasteiger partial charge in [0.1, 0.15) is 18.0 Å². The molecule has 0 amide bonds. The Labute approximate surface area is 148 Å². The maximum Gasteiger partial charge on any atom is 0.321 e. The fourth-order valence-corrected chi connectivity index (χ4v) is 3.33. The molecular weight excluding hydrogens is 374 g/mol. The van der Waals surface area contributed by atoms with Crippen LogP contribution in [0.3, 0.4) is 0 Å². The van der Waals surface area contributed by atoms with Crippen molar-refractivity contribution in [2.24, 2.45) is 7.05 Å². The number of sulfonamides is 1. The van der Waals surface area contributed by atoms with Crippen molar-refractivity contribution in [1.29, 1.82) is 0 Å². The van der Waals surface area contributed by atoms with Crippen LogP contribution in [-0.2, 0) is 33.2 Å². The van der Waals surface area contributed by atoms with Crippen molar-refractivity contribution in [2.45, 2.75) is 11.5 Å². The lowest BCUT2D eigenvalue weighted by Gasteiger charge is -2.08. The van der Waals surface area contributed by atoms with Gasteiger partial charge in [0.25, 0.3) is 0 Å². The molecule has 1 aliphatic rings. The maximum atomic E-state index is 12.0. The first-order valence-electron chi connectivity index (χ1n) is 7.07. The van der Waals surface area contributed by atoms with E-state index < -0.39 is 22.5 Å². The summed E-state index contributed by atoms with van der Waals surface area (Å²) in [6.07, 6.45) is 2.50. The van der Waals surface area contributed by atoms with Gasteiger partial charge in [-0.15, -0.1) is 0 Å². The number of halogens is 1. The molecule has 134 valence electrons. The van der Waals surface area contributed by atoms with E-state index in [4.69, 9.17) is 25.8 Å². The Morgan fingerprint density at radius 2 is 2.24 bits per heavy atom. The summed E-state index contributed by atoms with van der Waals surface area (Å²) >= 11 is 6.04. The van der Waals surface area contributed by atoms with Crippen LogP contribution in [0.2, 0.25) is 5.02 Å². The lowest BCUT2D eigenvalue weighted by Crippen LogP contribution is -2.30. The largest absolute Gasteiger partial charge is 0.460 e. The van der Waals surface area contributed by atoms with Crippen LogP contribution in [0.15, 0.2) is 29.4 Å². The summed E-state index contributed by atoms with van der Waals surface area (Å²) in [6.45, 7) is -0.506. The van der Waals surface area contributed by atoms with Crippen LogP contribution in [0.4, 0.5) is 0 Å². The molecule has 0 spiro atoms. The molecule has 1 aromatic carbocycles. The molecule has 0 saturated carbocycles. The Hall–Kier alpha value is -2.30. The highest BCUT2D eigenvalue weighted by molar-refractivity contribution is 7.89. The van der Waals surface area contributed by atoms with Crippen LogP contribution in [0.1, 0.15) is 5.56 Å². The van der Waals surface area contributed by atoms with E-state index in [9.17, 15) is 13.2 Å². The number of ether oxygens (including phenoxy) is 3. The number of fused-ring (bicyclic) bond motifs is 1. The zero-order valence-electron chi connectivity index (χ0n) is 13.1. The number of carbonyl (C=O) groups is 1. The van der Waals surface area contributed by atoms with Gasteiger partial charge in [0.15, 0.2) is 11.5 Å². The van der Waals surface area contributed by atoms with Gasteiger partial charge in [-0.1, -0.05) is 11.6 Å². The molecule has 25 heavy (non-hydrogen) atoms. The van der Waals surface area contributed by atoms with Crippen LogP contribution in [0.5, 0.6) is 11.5 Å². The molecule has 0 atom stereocenters. The van der Waals surface area contributed by atoms with E-state index >= 15 is 0 Å². The van der Waals surface area contributed by atoms with Crippen molar-refractivity contribution < 1.29 is 27.4 Å². The fraction of sp³-hybridized carbons (Fsp3) is 0.286. The summed E-state index contributed by atoms with van der Waals surface area (Å²) in [6, 6.07) is 3.23. The third kappa shape index (κ3) is 4.03. The topological polar surface area (TPSA) is 109 Å². The molecule has 9 nitrogen and oxygen atoms in total. The van der Waals surface area contributed by atoms with E-state index in [1.165, 1.54) is 17.1 Å². The average Bonchev–Trinajstić information content (AvgIpc) is 3.20. The van der Waals surface area contributed by atoms with Crippen LogP contribution in [0, 0.1) is 0 Å². The van der Waals surface area contributed by atoms with Crippen molar-refractivity contribution in [3.05, 3.63) is 35.1 Å². The Bertz CT molecular complexity index is 911. The van der Waals surface area contributed by atoms with Crippen molar-refractivity contribution in [1.82, 2.24) is 14.5 Å². The summed E-state index contributed by atoms with van der Waals surface area (Å²) in [5.74, 6) is 0.179. The number of nitrogens with one attached hydrogen (secondary N) is 1. The predicted octanol–water partition coefficient (Wildman–Crippen LogP) is 0.824. The summed E-state index contributed by atoms with van der Waals surface area (Å²) < 4.78 is 42.9. The van der Waals surface area contributed by atoms with Gasteiger partial charge in [0.05, 0.1) is 11.2 Å². The molecule has 1 N–H and O–H groups in total. The van der Waals surface area contributed by atoms with Gasteiger partial charge in [0.2, 0.25) is 16.8 Å². The first-order valence-corrected chi connectivity index (χ1v) is 8.93. The fourth-order valence-electron chi connectivity index (χ4n) is 2.09. The molecule has 0 aliphatic carbocycles. The number of esters is 1. The summed E-state index contributed by atoms with van der Waals surface area (Å²) in [7, 11) is -2.24. The minimum Gasteiger partial charge on any atom is -0.460 e. The van der Waals surface area contributed by atoms with Gasteiger partial charge >= 0.3 is 5.97 Å². The average molecular weight is 388 g/mol. The number of aromatic nitrogens is 2. The maximum absolute atomic E-state index is 12.0. The van der Waals surface area contributed by atoms with Crippen LogP contribution >= 0.6 is 11.6 Å². The molecule has 0 fully saturated rings. The van der Waals surface area contributed by atoms with Crippen LogP contribution in [-0.4, -0.2) is 37.5 Å². The molecule has 11 heteroatoms. The molecular formula is C14H14ClN3O6S. The lowest BCUT2D eigenvalue weighted by molar-refractivity contribution is -0.143. The first-order chi connectivity index (χ1) is 11.8. The molecule has 0 unspecified atom stereocenters. The standard InChI is InChI=1S/C14H14ClN3O6S/c1-18-6-10(4-16-18)25(20,21)17-5-13(19)22-7-9-2-11(15)14-12(3-9)23-8-24-14/h2-4,6,17H,5,7-8H2,1H3. The first kappa shape index (κ1) is 17.5. The third-order valence-electron chi connectivity index (χ3n) is 3.28. The highest BCUT2D eigenvalue weighted by Crippen LogP contribution is 2.39. The van der Waals surface area contributed by atoms with E-state index in [0.717, 1.165) is 0 Å². The van der Waals surface area contributed by atoms with Gasteiger partial charge in [-0.05, 0) is 17.7 Å². The molecule has 0 bridgehead atoms. The Kier molecular flexibility index (Phi) is 4.84. The number of nitrogens with zero attached hydrogens (tertiary/aromatic N) is 2. The molecule has 2 aromatic rings. The molecule has 0 radical (unpaired) electrons. The van der Waals surface area contributed by atoms with E-state index in [0.29, 0.717) is 22.1 Å². The van der Waals surface area contributed by atoms with Crippen molar-refractivity contribution >= 4 is 27.6 Å². The predicted molar refractivity (Wildman–Crippen MR) is 85.8 cm³/mol. The van der Waals surface area contributed by atoms with E-state index in [2.05, 4.69) is 9.82 Å². The van der Waals surface area contributed by atoms with Crippen molar-refractivity contribution in [2.75, 3.05) is 13.3 Å². The molecule has 3 rings (SSSR count). The zero-order chi connectivity index (χ0) is 18.0. The zero-order valence-corrected chi connectivity index (χ0v) is 14.6. The molecule has 2 heterocycles. The van der Waals surface area contributed by atoms with Gasteiger partial charge in [-0.25, -0.2) is 8.42 Å². The van der Waals surface area contributed by atoms with Gasteiger partial charge in [0, 0.05) is 13.2 Å². The van der Waals surface area contributed by atoms with E-state index in [1.54, 1.807) is 19.2 Å². The lowest BCUT2D eigenvalue weighted by atomic mass is 10.2. The Morgan fingerprint density at radius 1 is 1.44 bits per heavy atom. The number of rotatable bonds is 6. The monoisotopic (exact) mass is 387 g/mol. The van der Waals surface area contributed by atoms with Gasteiger partial charge < -0.3 is 14.2 Å². The number of hydrogen-bond donors (Lipinski definition) is 1. The number of hydrogen-bond acceptors (Lipinski definition) is 7. The minimum atomic E-state index is -3.82. The van der Waals surface area contributed by atoms with Gasteiger partial charge in [-0.3, -0.25) is 9.48 Å². The Balaban J connectivity index is 1.54. The number of carbonyl (C=O) groups excluding carboxylic acids is 1. The minimum absolute atomic E-state index is 0.0367. The molecule has 1 aliphatic heterocycles. The second-order valence-electron chi connectivity index (χ2n) is 5.15. The second kappa shape index (κ2) is 6.90. The Morgan fingerprint density at radius 3 is 2.96 bits per heavy atom. The van der Waals surface area contributed by atoms with Gasteiger partial charge in [-0.2, -0.15) is 9.82 Å². The van der Waals surface area contributed by atoms with Crippen LogP contribution < -0.4 is 14.2 Å². The third-order valence-corrected chi connectivity index (χ3v) is 4.92.